The van der Waals surface area contributed by atoms with Gasteiger partial charge in [0.15, 0.2) is 6.73 Å². The van der Waals surface area contributed by atoms with Crippen molar-refractivity contribution in [2.24, 2.45) is 0 Å². The highest BCUT2D eigenvalue weighted by Gasteiger charge is 2.35. The van der Waals surface area contributed by atoms with E-state index in [-0.39, 0.29) is 25.2 Å². The number of aromatic nitrogens is 3. The normalized spacial score (nSPS) is 26.1. The van der Waals surface area contributed by atoms with E-state index in [1.165, 1.54) is 6.07 Å². The predicted octanol–water partition coefficient (Wildman–Crippen LogP) is 1.88. The molecule has 1 fully saturated rings. The standard InChI is InChI=1S/C12H12FIN4O2/c13-11-5-9(1-2-12(11)14)18(19)7-10(20-8-18)6-17-4-3-15-16-17/h1-5,10H,6-8H2/t10-,18?/m1/s1. The lowest BCUT2D eigenvalue weighted by molar-refractivity contribution is 0.0854. The van der Waals surface area contributed by atoms with Gasteiger partial charge in [-0.05, 0) is 28.7 Å². The summed E-state index contributed by atoms with van der Waals surface area (Å²) in [7, 11) is 0. The second kappa shape index (κ2) is 5.35. The van der Waals surface area contributed by atoms with Gasteiger partial charge in [0, 0.05) is 21.9 Å². The number of halogens is 2. The molecule has 2 aromatic rings. The van der Waals surface area contributed by atoms with Crippen LogP contribution in [0.2, 0.25) is 0 Å². The minimum atomic E-state index is -0.673. The molecule has 1 aromatic carbocycles. The first-order valence-electron chi connectivity index (χ1n) is 6.06. The van der Waals surface area contributed by atoms with Gasteiger partial charge in [0.05, 0.1) is 12.7 Å². The molecule has 1 saturated heterocycles. The molecule has 0 aliphatic carbocycles. The zero-order valence-corrected chi connectivity index (χ0v) is 12.6. The van der Waals surface area contributed by atoms with Crippen molar-refractivity contribution >= 4 is 28.3 Å². The number of benzene rings is 1. The Hall–Kier alpha value is -1.10. The van der Waals surface area contributed by atoms with Crippen LogP contribution in [0.5, 0.6) is 0 Å². The van der Waals surface area contributed by atoms with E-state index in [9.17, 15) is 9.60 Å². The van der Waals surface area contributed by atoms with Crippen molar-refractivity contribution in [3.05, 3.63) is 45.2 Å². The van der Waals surface area contributed by atoms with Gasteiger partial charge in [-0.2, -0.15) is 0 Å². The Labute approximate surface area is 128 Å². The number of hydroxylamine groups is 2. The molecule has 1 unspecified atom stereocenters. The summed E-state index contributed by atoms with van der Waals surface area (Å²) in [6, 6.07) is 4.54. The summed E-state index contributed by atoms with van der Waals surface area (Å²) >= 11 is 1.89. The molecule has 0 saturated carbocycles. The Morgan fingerprint density at radius 3 is 3.10 bits per heavy atom. The molecule has 6 nitrogen and oxygen atoms in total. The lowest BCUT2D eigenvalue weighted by atomic mass is 10.2. The number of rotatable bonds is 3. The van der Waals surface area contributed by atoms with Crippen molar-refractivity contribution in [1.82, 2.24) is 19.6 Å². The monoisotopic (exact) mass is 390 g/mol. The molecule has 0 amide bonds. The molecule has 1 aromatic heterocycles. The Morgan fingerprint density at radius 2 is 2.40 bits per heavy atom. The van der Waals surface area contributed by atoms with Gasteiger partial charge in [0.2, 0.25) is 0 Å². The number of ether oxygens (including phenoxy) is 1. The fourth-order valence-corrected chi connectivity index (χ4v) is 2.56. The first-order chi connectivity index (χ1) is 9.57. The van der Waals surface area contributed by atoms with Crippen LogP contribution >= 0.6 is 22.6 Å². The van der Waals surface area contributed by atoms with E-state index in [1.807, 2.05) is 22.6 Å². The maximum atomic E-state index is 13.6. The Balaban J connectivity index is 1.75. The summed E-state index contributed by atoms with van der Waals surface area (Å²) in [6.45, 7) is 0.689. The lowest BCUT2D eigenvalue weighted by Gasteiger charge is -2.36. The van der Waals surface area contributed by atoms with E-state index in [0.717, 1.165) is 0 Å². The first kappa shape index (κ1) is 13.9. The highest BCUT2D eigenvalue weighted by atomic mass is 127. The van der Waals surface area contributed by atoms with Crippen molar-refractivity contribution in [3.8, 4) is 0 Å². The van der Waals surface area contributed by atoms with E-state index in [1.54, 1.807) is 29.2 Å². The summed E-state index contributed by atoms with van der Waals surface area (Å²) in [4.78, 5) is 0. The van der Waals surface area contributed by atoms with Crippen LogP contribution in [-0.4, -0.2) is 34.4 Å². The fourth-order valence-electron chi connectivity index (χ4n) is 2.23. The molecule has 0 radical (unpaired) electrons. The SMILES string of the molecule is [O-][N+]1(c2ccc(I)c(F)c2)CO[C@H](Cn2ccnn2)C1. The summed E-state index contributed by atoms with van der Waals surface area (Å²) in [5.41, 5.74) is 0.379. The number of hydrogen-bond donors (Lipinski definition) is 0. The van der Waals surface area contributed by atoms with E-state index < -0.39 is 4.65 Å². The summed E-state index contributed by atoms with van der Waals surface area (Å²) in [5, 5.41) is 20.3. The predicted molar refractivity (Wildman–Crippen MR) is 78.9 cm³/mol. The fraction of sp³-hybridized carbons (Fsp3) is 0.333. The third-order valence-electron chi connectivity index (χ3n) is 3.25. The van der Waals surface area contributed by atoms with Gasteiger partial charge in [-0.25, -0.2) is 9.07 Å². The quantitative estimate of drug-likeness (QED) is 0.456. The van der Waals surface area contributed by atoms with E-state index in [0.29, 0.717) is 15.8 Å². The average Bonchev–Trinajstić information content (AvgIpc) is 3.04. The molecular weight excluding hydrogens is 378 g/mol. The Morgan fingerprint density at radius 1 is 1.55 bits per heavy atom. The van der Waals surface area contributed by atoms with E-state index in [4.69, 9.17) is 4.74 Å². The summed E-state index contributed by atoms with van der Waals surface area (Å²) < 4.78 is 20.5. The zero-order chi connectivity index (χ0) is 14.2. The highest BCUT2D eigenvalue weighted by Crippen LogP contribution is 2.29. The molecule has 0 spiro atoms. The number of nitrogens with zero attached hydrogens (tertiary/aromatic N) is 4. The number of quaternary nitrogens is 1. The van der Waals surface area contributed by atoms with Crippen LogP contribution in [0.15, 0.2) is 30.6 Å². The van der Waals surface area contributed by atoms with Crippen molar-refractivity contribution < 1.29 is 9.13 Å². The molecule has 2 atom stereocenters. The summed E-state index contributed by atoms with van der Waals surface area (Å²) in [5.74, 6) is -0.379. The highest BCUT2D eigenvalue weighted by molar-refractivity contribution is 14.1. The minimum absolute atomic E-state index is 0.0145. The van der Waals surface area contributed by atoms with Crippen molar-refractivity contribution in [2.75, 3.05) is 13.3 Å². The molecule has 1 aliphatic heterocycles. The second-order valence-corrected chi connectivity index (χ2v) is 5.88. The maximum Gasteiger partial charge on any atom is 0.188 e. The molecule has 0 bridgehead atoms. The molecule has 106 valence electrons. The van der Waals surface area contributed by atoms with Crippen LogP contribution in [0.3, 0.4) is 0 Å². The Kier molecular flexibility index (Phi) is 3.71. The molecule has 8 heteroatoms. The van der Waals surface area contributed by atoms with Gasteiger partial charge < -0.3 is 14.6 Å². The van der Waals surface area contributed by atoms with E-state index >= 15 is 0 Å². The first-order valence-corrected chi connectivity index (χ1v) is 7.14. The molecule has 0 N–H and O–H groups in total. The molecule has 1 aliphatic rings. The minimum Gasteiger partial charge on any atom is -0.626 e. The average molecular weight is 390 g/mol. The van der Waals surface area contributed by atoms with Gasteiger partial charge in [-0.3, -0.25) is 0 Å². The van der Waals surface area contributed by atoms with Gasteiger partial charge in [-0.15, -0.1) is 5.10 Å². The van der Waals surface area contributed by atoms with Crippen LogP contribution < -0.4 is 4.65 Å². The van der Waals surface area contributed by atoms with Crippen LogP contribution in [-0.2, 0) is 11.3 Å². The molecule has 3 rings (SSSR count). The van der Waals surface area contributed by atoms with Gasteiger partial charge in [0.25, 0.3) is 0 Å². The van der Waals surface area contributed by atoms with Crippen molar-refractivity contribution in [1.29, 1.82) is 0 Å². The largest absolute Gasteiger partial charge is 0.626 e. The smallest absolute Gasteiger partial charge is 0.188 e. The lowest BCUT2D eigenvalue weighted by Crippen LogP contribution is -2.41. The summed E-state index contributed by atoms with van der Waals surface area (Å²) in [6.07, 6.45) is 3.03. The zero-order valence-electron chi connectivity index (χ0n) is 10.4. The topological polar surface area (TPSA) is 63.0 Å². The van der Waals surface area contributed by atoms with Crippen LogP contribution in [0.1, 0.15) is 0 Å². The molecule has 2 heterocycles. The third kappa shape index (κ3) is 2.68. The van der Waals surface area contributed by atoms with Gasteiger partial charge in [-0.1, -0.05) is 5.21 Å². The van der Waals surface area contributed by atoms with Gasteiger partial charge in [0.1, 0.15) is 24.2 Å². The van der Waals surface area contributed by atoms with E-state index in [2.05, 4.69) is 10.3 Å². The van der Waals surface area contributed by atoms with Crippen LogP contribution in [0.4, 0.5) is 10.1 Å². The van der Waals surface area contributed by atoms with Crippen molar-refractivity contribution in [3.63, 3.8) is 0 Å². The van der Waals surface area contributed by atoms with Crippen LogP contribution in [0.25, 0.3) is 0 Å². The van der Waals surface area contributed by atoms with Gasteiger partial charge >= 0.3 is 0 Å². The third-order valence-corrected chi connectivity index (χ3v) is 4.13. The Bertz CT molecular complexity index is 610. The molecular formula is C12H12FIN4O2. The number of hydrogen-bond acceptors (Lipinski definition) is 4. The second-order valence-electron chi connectivity index (χ2n) is 4.71. The maximum absolute atomic E-state index is 13.6. The molecule has 20 heavy (non-hydrogen) atoms. The van der Waals surface area contributed by atoms with Crippen LogP contribution in [0, 0.1) is 14.6 Å². The van der Waals surface area contributed by atoms with Crippen molar-refractivity contribution in [2.45, 2.75) is 12.6 Å².